The van der Waals surface area contributed by atoms with Gasteiger partial charge in [0.2, 0.25) is 11.8 Å². The molecule has 29 heavy (non-hydrogen) atoms. The van der Waals surface area contributed by atoms with Gasteiger partial charge in [0.15, 0.2) is 0 Å². The molecule has 5 nitrogen and oxygen atoms in total. The van der Waals surface area contributed by atoms with Crippen LogP contribution in [0, 0.1) is 0 Å². The van der Waals surface area contributed by atoms with Crippen molar-refractivity contribution in [3.63, 3.8) is 0 Å². The maximum absolute atomic E-state index is 12.7. The predicted octanol–water partition coefficient (Wildman–Crippen LogP) is 4.32. The van der Waals surface area contributed by atoms with Gasteiger partial charge in [-0.15, -0.1) is 0 Å². The Bertz CT molecular complexity index is 770. The smallest absolute Gasteiger partial charge is 0.224 e. The van der Waals surface area contributed by atoms with E-state index in [9.17, 15) is 9.59 Å². The summed E-state index contributed by atoms with van der Waals surface area (Å²) in [6.45, 7) is 11.3. The van der Waals surface area contributed by atoms with E-state index in [0.29, 0.717) is 26.1 Å². The van der Waals surface area contributed by atoms with Crippen molar-refractivity contribution in [1.82, 2.24) is 4.90 Å². The van der Waals surface area contributed by atoms with Gasteiger partial charge < -0.3 is 14.7 Å². The molecule has 0 bridgehead atoms. The first-order chi connectivity index (χ1) is 14.0. The van der Waals surface area contributed by atoms with Gasteiger partial charge in [0.1, 0.15) is 0 Å². The van der Waals surface area contributed by atoms with Crippen molar-refractivity contribution < 1.29 is 9.59 Å². The van der Waals surface area contributed by atoms with Crippen molar-refractivity contribution in [2.75, 3.05) is 36.0 Å². The van der Waals surface area contributed by atoms with E-state index >= 15 is 0 Å². The van der Waals surface area contributed by atoms with Crippen LogP contribution in [0.15, 0.2) is 54.6 Å². The summed E-state index contributed by atoms with van der Waals surface area (Å²) in [5.74, 6) is 0.00172. The van der Waals surface area contributed by atoms with E-state index in [4.69, 9.17) is 0 Å². The lowest BCUT2D eigenvalue weighted by Crippen LogP contribution is -2.36. The normalized spacial score (nSPS) is 10.5. The van der Waals surface area contributed by atoms with Crippen LogP contribution in [0.1, 0.15) is 39.7 Å². The van der Waals surface area contributed by atoms with E-state index < -0.39 is 0 Å². The van der Waals surface area contributed by atoms with Crippen molar-refractivity contribution >= 4 is 23.2 Å². The number of hydrogen-bond donors (Lipinski definition) is 0. The number of nitrogens with zero attached hydrogens (tertiary/aromatic N) is 3. The van der Waals surface area contributed by atoms with Crippen molar-refractivity contribution in [3.05, 3.63) is 60.2 Å². The number of carbonyl (C=O) groups is 2. The SMILES string of the molecule is CCN(Cc1ccccc1)C(=O)CCN(C(C)=O)c1ccc(N(CC)CC)cc1. The van der Waals surface area contributed by atoms with Gasteiger partial charge in [-0.05, 0) is 50.6 Å². The molecule has 0 unspecified atom stereocenters. The van der Waals surface area contributed by atoms with Crippen LogP contribution in [0.2, 0.25) is 0 Å². The van der Waals surface area contributed by atoms with Crippen LogP contribution in [0.4, 0.5) is 11.4 Å². The van der Waals surface area contributed by atoms with Crippen LogP contribution in [0.5, 0.6) is 0 Å². The van der Waals surface area contributed by atoms with Crippen LogP contribution in [-0.2, 0) is 16.1 Å². The molecule has 0 saturated carbocycles. The third-order valence-electron chi connectivity index (χ3n) is 5.17. The van der Waals surface area contributed by atoms with Gasteiger partial charge in [0, 0.05) is 57.4 Å². The quantitative estimate of drug-likeness (QED) is 0.602. The summed E-state index contributed by atoms with van der Waals surface area (Å²) in [7, 11) is 0. The molecule has 2 rings (SSSR count). The van der Waals surface area contributed by atoms with Gasteiger partial charge in [-0.25, -0.2) is 0 Å². The Kier molecular flexibility index (Phi) is 8.71. The highest BCUT2D eigenvalue weighted by Crippen LogP contribution is 2.21. The molecule has 0 spiro atoms. The van der Waals surface area contributed by atoms with Crippen LogP contribution in [-0.4, -0.2) is 42.9 Å². The Morgan fingerprint density at radius 2 is 1.38 bits per heavy atom. The Labute approximate surface area is 174 Å². The minimum absolute atomic E-state index is 0.0560. The fourth-order valence-corrected chi connectivity index (χ4v) is 3.45. The van der Waals surface area contributed by atoms with E-state index in [-0.39, 0.29) is 11.8 Å². The van der Waals surface area contributed by atoms with Crippen LogP contribution < -0.4 is 9.80 Å². The number of amides is 2. The Morgan fingerprint density at radius 1 is 0.793 bits per heavy atom. The highest BCUT2D eigenvalue weighted by Gasteiger charge is 2.17. The molecule has 2 aromatic carbocycles. The molecule has 0 atom stereocenters. The molecule has 156 valence electrons. The second-order valence-electron chi connectivity index (χ2n) is 7.00. The lowest BCUT2D eigenvalue weighted by atomic mass is 10.2. The van der Waals surface area contributed by atoms with Crippen LogP contribution in [0.25, 0.3) is 0 Å². The number of anilines is 2. The van der Waals surface area contributed by atoms with E-state index in [1.54, 1.807) is 11.8 Å². The largest absolute Gasteiger partial charge is 0.372 e. The standard InChI is InChI=1S/C24H33N3O2/c1-5-25(6-2)22-13-15-23(16-14-22)27(20(4)28)18-17-24(29)26(7-3)19-21-11-9-8-10-12-21/h8-16H,5-7,17-19H2,1-4H3. The first-order valence-electron chi connectivity index (χ1n) is 10.4. The van der Waals surface area contributed by atoms with Gasteiger partial charge in [0.05, 0.1) is 0 Å². The van der Waals surface area contributed by atoms with Crippen molar-refractivity contribution in [3.8, 4) is 0 Å². The van der Waals surface area contributed by atoms with E-state index in [1.165, 1.54) is 0 Å². The Balaban J connectivity index is 2.02. The predicted molar refractivity (Wildman–Crippen MR) is 120 cm³/mol. The zero-order valence-corrected chi connectivity index (χ0v) is 18.1. The lowest BCUT2D eigenvalue weighted by Gasteiger charge is -2.26. The second-order valence-corrected chi connectivity index (χ2v) is 7.00. The van der Waals surface area contributed by atoms with E-state index in [2.05, 4.69) is 18.7 Å². The molecule has 0 aliphatic rings. The lowest BCUT2D eigenvalue weighted by molar-refractivity contribution is -0.131. The van der Waals surface area contributed by atoms with Crippen molar-refractivity contribution in [2.45, 2.75) is 40.7 Å². The molecule has 0 aromatic heterocycles. The number of benzene rings is 2. The highest BCUT2D eigenvalue weighted by atomic mass is 16.2. The van der Waals surface area contributed by atoms with Gasteiger partial charge >= 0.3 is 0 Å². The monoisotopic (exact) mass is 395 g/mol. The maximum Gasteiger partial charge on any atom is 0.224 e. The first-order valence-corrected chi connectivity index (χ1v) is 10.4. The summed E-state index contributed by atoms with van der Waals surface area (Å²) in [6, 6.07) is 18.0. The topological polar surface area (TPSA) is 43.9 Å². The van der Waals surface area contributed by atoms with Gasteiger partial charge in [0.25, 0.3) is 0 Å². The summed E-state index contributed by atoms with van der Waals surface area (Å²) in [6.07, 6.45) is 0.304. The van der Waals surface area contributed by atoms with Crippen LogP contribution in [0.3, 0.4) is 0 Å². The number of carbonyl (C=O) groups excluding carboxylic acids is 2. The summed E-state index contributed by atoms with van der Waals surface area (Å²) in [5, 5.41) is 0. The van der Waals surface area contributed by atoms with Crippen molar-refractivity contribution in [1.29, 1.82) is 0 Å². The molecule has 0 fully saturated rings. The minimum Gasteiger partial charge on any atom is -0.372 e. The van der Waals surface area contributed by atoms with E-state index in [1.807, 2.05) is 66.4 Å². The average Bonchev–Trinajstić information content (AvgIpc) is 2.74. The Hall–Kier alpha value is -2.82. The zero-order valence-electron chi connectivity index (χ0n) is 18.1. The first kappa shape index (κ1) is 22.5. The molecule has 0 aliphatic carbocycles. The van der Waals surface area contributed by atoms with Gasteiger partial charge in [-0.3, -0.25) is 9.59 Å². The molecule has 0 radical (unpaired) electrons. The molecule has 2 aromatic rings. The third-order valence-corrected chi connectivity index (χ3v) is 5.17. The molecule has 2 amide bonds. The van der Waals surface area contributed by atoms with Crippen molar-refractivity contribution in [2.24, 2.45) is 0 Å². The summed E-state index contributed by atoms with van der Waals surface area (Å²) in [4.78, 5) is 30.7. The molecule has 0 N–H and O–H groups in total. The minimum atomic E-state index is -0.0560. The molecular weight excluding hydrogens is 362 g/mol. The third kappa shape index (κ3) is 6.34. The molecule has 0 heterocycles. The fourth-order valence-electron chi connectivity index (χ4n) is 3.45. The maximum atomic E-state index is 12.7. The second kappa shape index (κ2) is 11.2. The van der Waals surface area contributed by atoms with Gasteiger partial charge in [-0.1, -0.05) is 30.3 Å². The molecular formula is C24H33N3O2. The van der Waals surface area contributed by atoms with Gasteiger partial charge in [-0.2, -0.15) is 0 Å². The number of hydrogen-bond acceptors (Lipinski definition) is 3. The zero-order chi connectivity index (χ0) is 21.2. The highest BCUT2D eigenvalue weighted by molar-refractivity contribution is 5.92. The Morgan fingerprint density at radius 3 is 1.90 bits per heavy atom. The van der Waals surface area contributed by atoms with Crippen LogP contribution >= 0.6 is 0 Å². The molecule has 0 aliphatic heterocycles. The molecule has 0 saturated heterocycles. The fraction of sp³-hybridized carbons (Fsp3) is 0.417. The average molecular weight is 396 g/mol. The molecule has 5 heteroatoms. The summed E-state index contributed by atoms with van der Waals surface area (Å²) < 4.78 is 0. The summed E-state index contributed by atoms with van der Waals surface area (Å²) in [5.41, 5.74) is 3.07. The number of rotatable bonds is 10. The van der Waals surface area contributed by atoms with E-state index in [0.717, 1.165) is 30.0 Å². The summed E-state index contributed by atoms with van der Waals surface area (Å²) >= 11 is 0.